The molecule has 0 spiro atoms. The van der Waals surface area contributed by atoms with E-state index in [0.29, 0.717) is 11.3 Å². The number of rotatable bonds is 10. The third kappa shape index (κ3) is 6.74. The Morgan fingerprint density at radius 1 is 0.929 bits per heavy atom. The predicted molar refractivity (Wildman–Crippen MR) is 108 cm³/mol. The molecule has 0 fully saturated rings. The van der Waals surface area contributed by atoms with Crippen LogP contribution in [0.2, 0.25) is 0 Å². The smallest absolute Gasteiger partial charge is 0.251 e. The van der Waals surface area contributed by atoms with Crippen LogP contribution in [0.15, 0.2) is 60.7 Å². The molecule has 0 bridgehead atoms. The predicted octanol–water partition coefficient (Wildman–Crippen LogP) is 1.02. The third-order valence-corrected chi connectivity index (χ3v) is 4.80. The first-order valence-electron chi connectivity index (χ1n) is 8.91. The summed E-state index contributed by atoms with van der Waals surface area (Å²) in [4.78, 5) is 36.6. The molecule has 2 amide bonds. The molecule has 28 heavy (non-hydrogen) atoms. The molecule has 0 saturated carbocycles. The maximum absolute atomic E-state index is 12.8. The van der Waals surface area contributed by atoms with Crippen molar-refractivity contribution in [2.24, 2.45) is 0 Å². The molecule has 0 radical (unpaired) electrons. The van der Waals surface area contributed by atoms with Gasteiger partial charge in [0, 0.05) is 12.0 Å². The summed E-state index contributed by atoms with van der Waals surface area (Å²) < 4.78 is 0. The van der Waals surface area contributed by atoms with E-state index >= 15 is 0 Å². The fraction of sp³-hybridized carbons (Fsp3) is 0.286. The summed E-state index contributed by atoms with van der Waals surface area (Å²) in [7, 11) is 0. The van der Waals surface area contributed by atoms with E-state index in [1.165, 1.54) is 11.8 Å². The molecular weight excluding hydrogens is 376 g/mol. The van der Waals surface area contributed by atoms with Crippen molar-refractivity contribution in [3.63, 3.8) is 0 Å². The number of thioether (sulfide) groups is 1. The van der Waals surface area contributed by atoms with Crippen LogP contribution in [-0.4, -0.2) is 41.9 Å². The summed E-state index contributed by atoms with van der Waals surface area (Å²) in [6.07, 6.45) is 2.35. The SMILES string of the molecule is CSCC[C@H](NC(=O)[C@@H](Cc1ccccc1)NC(=O)c1ccccc1)C(=O)[O-]. The highest BCUT2D eigenvalue weighted by atomic mass is 32.2. The molecule has 2 aromatic carbocycles. The first kappa shape index (κ1) is 21.5. The molecule has 0 aliphatic heterocycles. The molecule has 2 rings (SSSR count). The van der Waals surface area contributed by atoms with Gasteiger partial charge in [-0.2, -0.15) is 11.8 Å². The molecule has 2 atom stereocenters. The molecule has 0 saturated heterocycles. The van der Waals surface area contributed by atoms with Gasteiger partial charge in [-0.3, -0.25) is 9.59 Å². The van der Waals surface area contributed by atoms with E-state index in [1.54, 1.807) is 30.3 Å². The number of carbonyl (C=O) groups is 3. The minimum absolute atomic E-state index is 0.244. The van der Waals surface area contributed by atoms with Gasteiger partial charge < -0.3 is 20.5 Å². The minimum Gasteiger partial charge on any atom is -0.548 e. The first-order valence-corrected chi connectivity index (χ1v) is 10.3. The molecule has 6 nitrogen and oxygen atoms in total. The van der Waals surface area contributed by atoms with Gasteiger partial charge in [-0.1, -0.05) is 48.5 Å². The normalized spacial score (nSPS) is 12.6. The van der Waals surface area contributed by atoms with Crippen molar-refractivity contribution in [3.8, 4) is 0 Å². The van der Waals surface area contributed by atoms with Crippen molar-refractivity contribution < 1.29 is 19.5 Å². The standard InChI is InChI=1S/C21H24N2O4S/c1-28-13-12-17(21(26)27)22-20(25)18(14-15-8-4-2-5-9-15)23-19(24)16-10-6-3-7-11-16/h2-11,17-18H,12-14H2,1H3,(H,22,25)(H,23,24)(H,26,27)/p-1/t17-,18+/m0/s1. The van der Waals surface area contributed by atoms with Gasteiger partial charge in [0.25, 0.3) is 5.91 Å². The number of hydrogen-bond donors (Lipinski definition) is 2. The number of carboxylic acids is 1. The quantitative estimate of drug-likeness (QED) is 0.621. The summed E-state index contributed by atoms with van der Waals surface area (Å²) in [5, 5.41) is 16.6. The molecule has 2 N–H and O–H groups in total. The number of aliphatic carboxylic acids is 1. The van der Waals surface area contributed by atoms with Crippen molar-refractivity contribution >= 4 is 29.5 Å². The summed E-state index contributed by atoms with van der Waals surface area (Å²) in [5.41, 5.74) is 1.28. The highest BCUT2D eigenvalue weighted by Gasteiger charge is 2.24. The van der Waals surface area contributed by atoms with Gasteiger partial charge in [0.2, 0.25) is 5.91 Å². The number of benzene rings is 2. The molecule has 7 heteroatoms. The van der Waals surface area contributed by atoms with Gasteiger partial charge in [0.05, 0.1) is 12.0 Å². The van der Waals surface area contributed by atoms with Crippen LogP contribution in [0.1, 0.15) is 22.3 Å². The third-order valence-electron chi connectivity index (χ3n) is 4.15. The van der Waals surface area contributed by atoms with E-state index in [4.69, 9.17) is 0 Å². The Labute approximate surface area is 168 Å². The molecule has 0 unspecified atom stereocenters. The summed E-state index contributed by atoms with van der Waals surface area (Å²) in [6.45, 7) is 0. The Morgan fingerprint density at radius 3 is 2.11 bits per heavy atom. The van der Waals surface area contributed by atoms with Crippen molar-refractivity contribution in [2.75, 3.05) is 12.0 Å². The van der Waals surface area contributed by atoms with Crippen molar-refractivity contribution in [3.05, 3.63) is 71.8 Å². The highest BCUT2D eigenvalue weighted by Crippen LogP contribution is 2.07. The van der Waals surface area contributed by atoms with Gasteiger partial charge >= 0.3 is 0 Å². The van der Waals surface area contributed by atoms with Crippen LogP contribution in [0.25, 0.3) is 0 Å². The Balaban J connectivity index is 2.15. The minimum atomic E-state index is -1.34. The van der Waals surface area contributed by atoms with Crippen LogP contribution in [0.3, 0.4) is 0 Å². The van der Waals surface area contributed by atoms with E-state index in [2.05, 4.69) is 10.6 Å². The topological polar surface area (TPSA) is 98.3 Å². The fourth-order valence-electron chi connectivity index (χ4n) is 2.65. The molecular formula is C21H23N2O4S-. The van der Waals surface area contributed by atoms with Crippen molar-refractivity contribution in [2.45, 2.75) is 24.9 Å². The van der Waals surface area contributed by atoms with Crippen LogP contribution in [0, 0.1) is 0 Å². The molecule has 0 aliphatic carbocycles. The van der Waals surface area contributed by atoms with E-state index in [0.717, 1.165) is 5.56 Å². The Hall–Kier alpha value is -2.80. The largest absolute Gasteiger partial charge is 0.548 e. The van der Waals surface area contributed by atoms with Crippen LogP contribution in [0.5, 0.6) is 0 Å². The van der Waals surface area contributed by atoms with Gasteiger partial charge in [-0.05, 0) is 36.1 Å². The van der Waals surface area contributed by atoms with Crippen LogP contribution in [-0.2, 0) is 16.0 Å². The Kier molecular flexibility index (Phi) is 8.55. The highest BCUT2D eigenvalue weighted by molar-refractivity contribution is 7.98. The second-order valence-corrected chi connectivity index (χ2v) is 7.23. The molecule has 0 aliphatic rings. The van der Waals surface area contributed by atoms with Crippen molar-refractivity contribution in [1.82, 2.24) is 10.6 Å². The van der Waals surface area contributed by atoms with Crippen LogP contribution >= 0.6 is 11.8 Å². The maximum atomic E-state index is 12.8. The van der Waals surface area contributed by atoms with E-state index in [9.17, 15) is 19.5 Å². The Morgan fingerprint density at radius 2 is 1.54 bits per heavy atom. The lowest BCUT2D eigenvalue weighted by Crippen LogP contribution is -2.55. The van der Waals surface area contributed by atoms with Crippen LogP contribution < -0.4 is 15.7 Å². The lowest BCUT2D eigenvalue weighted by atomic mass is 10.0. The Bertz CT molecular complexity index is 784. The average molecular weight is 399 g/mol. The second-order valence-electron chi connectivity index (χ2n) is 6.24. The number of carbonyl (C=O) groups excluding carboxylic acids is 3. The summed E-state index contributed by atoms with van der Waals surface area (Å²) in [6, 6.07) is 15.8. The van der Waals surface area contributed by atoms with E-state index in [1.807, 2.05) is 36.6 Å². The average Bonchev–Trinajstić information content (AvgIpc) is 2.71. The maximum Gasteiger partial charge on any atom is 0.251 e. The van der Waals surface area contributed by atoms with Gasteiger partial charge in [-0.15, -0.1) is 0 Å². The zero-order valence-corrected chi connectivity index (χ0v) is 16.4. The second kappa shape index (κ2) is 11.1. The van der Waals surface area contributed by atoms with E-state index < -0.39 is 29.9 Å². The first-order chi connectivity index (χ1) is 13.5. The molecule has 2 aromatic rings. The lowest BCUT2D eigenvalue weighted by molar-refractivity contribution is -0.308. The van der Waals surface area contributed by atoms with Gasteiger partial charge in [-0.25, -0.2) is 0 Å². The zero-order valence-electron chi connectivity index (χ0n) is 15.6. The van der Waals surface area contributed by atoms with Gasteiger partial charge in [0.15, 0.2) is 0 Å². The zero-order chi connectivity index (χ0) is 20.4. The monoisotopic (exact) mass is 399 g/mol. The van der Waals surface area contributed by atoms with E-state index in [-0.39, 0.29) is 12.8 Å². The summed E-state index contributed by atoms with van der Waals surface area (Å²) >= 11 is 1.48. The number of amides is 2. The number of carboxylic acid groups (broad SMARTS) is 1. The van der Waals surface area contributed by atoms with Crippen LogP contribution in [0.4, 0.5) is 0 Å². The number of hydrogen-bond acceptors (Lipinski definition) is 5. The molecule has 0 aromatic heterocycles. The summed E-state index contributed by atoms with van der Waals surface area (Å²) in [5.74, 6) is -1.72. The molecule has 0 heterocycles. The fourth-order valence-corrected chi connectivity index (χ4v) is 3.12. The lowest BCUT2D eigenvalue weighted by Gasteiger charge is -2.24. The van der Waals surface area contributed by atoms with Gasteiger partial charge in [0.1, 0.15) is 6.04 Å². The number of nitrogens with one attached hydrogen (secondary N) is 2. The molecule has 148 valence electrons. The van der Waals surface area contributed by atoms with Crippen molar-refractivity contribution in [1.29, 1.82) is 0 Å².